The van der Waals surface area contributed by atoms with Gasteiger partial charge in [0.1, 0.15) is 5.82 Å². The van der Waals surface area contributed by atoms with Crippen LogP contribution in [0.2, 0.25) is 0 Å². The highest BCUT2D eigenvalue weighted by Crippen LogP contribution is 2.24. The third-order valence-electron chi connectivity index (χ3n) is 4.79. The molecular weight excluding hydrogens is 400 g/mol. The molecule has 0 radical (unpaired) electrons. The lowest BCUT2D eigenvalue weighted by Crippen LogP contribution is -2.26. The molecule has 3 aromatic carbocycles. The molecule has 0 unspecified atom stereocenters. The maximum atomic E-state index is 14.2. The molecule has 0 fully saturated rings. The summed E-state index contributed by atoms with van der Waals surface area (Å²) in [6, 6.07) is 19.5. The summed E-state index contributed by atoms with van der Waals surface area (Å²) in [5.74, 6) is -0.547. The van der Waals surface area contributed by atoms with Crippen LogP contribution in [-0.4, -0.2) is 16.7 Å². The molecule has 4 rings (SSSR count). The van der Waals surface area contributed by atoms with Gasteiger partial charge in [-0.3, -0.25) is 9.36 Å². The minimum Gasteiger partial charge on any atom is -0.494 e. The number of hydrogen-bond acceptors (Lipinski definition) is 4. The Morgan fingerprint density at radius 1 is 1.00 bits per heavy atom. The van der Waals surface area contributed by atoms with Gasteiger partial charge in [0.05, 0.1) is 19.2 Å². The highest BCUT2D eigenvalue weighted by molar-refractivity contribution is 5.64. The molecule has 0 saturated carbocycles. The van der Waals surface area contributed by atoms with Crippen LogP contribution in [0, 0.1) is 11.6 Å². The number of hydrogen-bond donors (Lipinski definition) is 1. The van der Waals surface area contributed by atoms with E-state index in [1.807, 2.05) is 30.3 Å². The largest absolute Gasteiger partial charge is 0.494 e. The van der Waals surface area contributed by atoms with Gasteiger partial charge in [0, 0.05) is 11.9 Å². The normalized spacial score (nSPS) is 10.7. The molecule has 0 amide bonds. The average Bonchev–Trinajstić information content (AvgIpc) is 2.78. The summed E-state index contributed by atoms with van der Waals surface area (Å²) in [4.78, 5) is 17.8. The molecule has 31 heavy (non-hydrogen) atoms. The van der Waals surface area contributed by atoms with Crippen molar-refractivity contribution < 1.29 is 13.5 Å². The fraction of sp³-hybridized carbons (Fsp3) is 0.0833. The zero-order chi connectivity index (χ0) is 21.8. The van der Waals surface area contributed by atoms with E-state index in [2.05, 4.69) is 10.3 Å². The third kappa shape index (κ3) is 4.45. The molecule has 5 nitrogen and oxygen atoms in total. The molecule has 1 aromatic heterocycles. The summed E-state index contributed by atoms with van der Waals surface area (Å²) < 4.78 is 33.9. The minimum absolute atomic E-state index is 0.0934. The minimum atomic E-state index is -0.567. The summed E-state index contributed by atoms with van der Waals surface area (Å²) in [5.41, 5.74) is 1.78. The molecule has 0 bridgehead atoms. The zero-order valence-corrected chi connectivity index (χ0v) is 16.7. The topological polar surface area (TPSA) is 56.1 Å². The number of aromatic nitrogens is 2. The van der Waals surface area contributed by atoms with E-state index in [-0.39, 0.29) is 35.2 Å². The van der Waals surface area contributed by atoms with Crippen molar-refractivity contribution in [2.24, 2.45) is 0 Å². The Morgan fingerprint density at radius 2 is 1.74 bits per heavy atom. The van der Waals surface area contributed by atoms with Crippen LogP contribution in [0.25, 0.3) is 11.1 Å². The molecule has 1 heterocycles. The Bertz CT molecular complexity index is 1260. The molecule has 7 heteroatoms. The highest BCUT2D eigenvalue weighted by Gasteiger charge is 2.15. The van der Waals surface area contributed by atoms with Crippen molar-refractivity contribution in [1.82, 2.24) is 9.55 Å². The molecule has 156 valence electrons. The van der Waals surface area contributed by atoms with E-state index in [0.717, 1.165) is 5.56 Å². The van der Waals surface area contributed by atoms with E-state index in [1.54, 1.807) is 18.2 Å². The summed E-state index contributed by atoms with van der Waals surface area (Å²) >= 11 is 0. The highest BCUT2D eigenvalue weighted by atomic mass is 19.1. The van der Waals surface area contributed by atoms with E-state index in [4.69, 9.17) is 4.74 Å². The molecule has 0 aliphatic rings. The number of benzene rings is 3. The van der Waals surface area contributed by atoms with Gasteiger partial charge in [-0.05, 0) is 47.5 Å². The second kappa shape index (κ2) is 8.79. The number of halogens is 2. The van der Waals surface area contributed by atoms with Crippen LogP contribution in [-0.2, 0) is 6.54 Å². The van der Waals surface area contributed by atoms with Crippen LogP contribution >= 0.6 is 0 Å². The first-order valence-electron chi connectivity index (χ1n) is 9.55. The number of rotatable bonds is 6. The lowest BCUT2D eigenvalue weighted by atomic mass is 10.1. The monoisotopic (exact) mass is 419 g/mol. The van der Waals surface area contributed by atoms with Crippen LogP contribution < -0.4 is 15.6 Å². The van der Waals surface area contributed by atoms with Gasteiger partial charge in [0.2, 0.25) is 5.95 Å². The van der Waals surface area contributed by atoms with Crippen molar-refractivity contribution >= 4 is 11.6 Å². The molecule has 0 aliphatic heterocycles. The maximum Gasteiger partial charge on any atom is 0.263 e. The first-order valence-corrected chi connectivity index (χ1v) is 9.55. The van der Waals surface area contributed by atoms with Gasteiger partial charge in [-0.15, -0.1) is 0 Å². The number of anilines is 2. The van der Waals surface area contributed by atoms with Crippen molar-refractivity contribution in [3.05, 3.63) is 107 Å². The summed E-state index contributed by atoms with van der Waals surface area (Å²) in [6.07, 6.45) is 1.40. The Balaban J connectivity index is 1.80. The van der Waals surface area contributed by atoms with Gasteiger partial charge >= 0.3 is 0 Å². The second-order valence-electron chi connectivity index (χ2n) is 6.85. The summed E-state index contributed by atoms with van der Waals surface area (Å²) in [5, 5.41) is 3.06. The van der Waals surface area contributed by atoms with Crippen molar-refractivity contribution in [2.45, 2.75) is 6.54 Å². The zero-order valence-electron chi connectivity index (χ0n) is 16.7. The van der Waals surface area contributed by atoms with E-state index < -0.39 is 5.82 Å². The fourth-order valence-electron chi connectivity index (χ4n) is 3.20. The first-order chi connectivity index (χ1) is 15.0. The summed E-state index contributed by atoms with van der Waals surface area (Å²) in [7, 11) is 1.38. The van der Waals surface area contributed by atoms with Crippen LogP contribution in [0.4, 0.5) is 20.4 Å². The molecular formula is C24H19F2N3O2. The molecule has 0 spiro atoms. The number of nitrogens with one attached hydrogen (secondary N) is 1. The third-order valence-corrected chi connectivity index (χ3v) is 4.79. The maximum absolute atomic E-state index is 14.2. The van der Waals surface area contributed by atoms with Gasteiger partial charge in [0.15, 0.2) is 11.6 Å². The number of ether oxygens (including phenoxy) is 1. The number of methoxy groups -OCH3 is 1. The van der Waals surface area contributed by atoms with Gasteiger partial charge in [0.25, 0.3) is 5.56 Å². The van der Waals surface area contributed by atoms with Crippen LogP contribution in [0.15, 0.2) is 83.8 Å². The molecule has 4 aromatic rings. The standard InChI is InChI=1S/C24H19F2N3O2/c1-31-22-12-7-17(13-21(22)26)20-14-27-24(28-19-10-8-18(25)9-11-19)29(23(20)30)15-16-5-3-2-4-6-16/h2-14H,15H2,1H3,(H,27,28). The van der Waals surface area contributed by atoms with Crippen molar-refractivity contribution in [3.63, 3.8) is 0 Å². The van der Waals surface area contributed by atoms with Crippen LogP contribution in [0.1, 0.15) is 5.56 Å². The summed E-state index contributed by atoms with van der Waals surface area (Å²) in [6.45, 7) is 0.253. The molecule has 0 aliphatic carbocycles. The second-order valence-corrected chi connectivity index (χ2v) is 6.85. The van der Waals surface area contributed by atoms with Crippen LogP contribution in [0.3, 0.4) is 0 Å². The Hall–Kier alpha value is -4.00. The Kier molecular flexibility index (Phi) is 5.75. The van der Waals surface area contributed by atoms with Gasteiger partial charge in [-0.1, -0.05) is 36.4 Å². The van der Waals surface area contributed by atoms with Crippen molar-refractivity contribution in [2.75, 3.05) is 12.4 Å². The SMILES string of the molecule is COc1ccc(-c2cnc(Nc3ccc(F)cc3)n(Cc3ccccc3)c2=O)cc1F. The first kappa shape index (κ1) is 20.3. The van der Waals surface area contributed by atoms with E-state index >= 15 is 0 Å². The van der Waals surface area contributed by atoms with Gasteiger partial charge < -0.3 is 10.1 Å². The molecule has 1 N–H and O–H groups in total. The lowest BCUT2D eigenvalue weighted by Gasteiger charge is -2.15. The van der Waals surface area contributed by atoms with Crippen molar-refractivity contribution in [3.8, 4) is 16.9 Å². The quantitative estimate of drug-likeness (QED) is 0.479. The van der Waals surface area contributed by atoms with E-state index in [1.165, 1.54) is 42.1 Å². The number of nitrogens with zero attached hydrogens (tertiary/aromatic N) is 2. The Labute approximate surface area is 177 Å². The van der Waals surface area contributed by atoms with E-state index in [9.17, 15) is 13.6 Å². The molecule has 0 atom stereocenters. The van der Waals surface area contributed by atoms with Gasteiger partial charge in [-0.2, -0.15) is 0 Å². The van der Waals surface area contributed by atoms with Crippen LogP contribution in [0.5, 0.6) is 5.75 Å². The predicted octanol–water partition coefficient (Wildman–Crippen LogP) is 4.99. The fourth-order valence-corrected chi connectivity index (χ4v) is 3.20. The molecule has 0 saturated heterocycles. The van der Waals surface area contributed by atoms with Gasteiger partial charge in [-0.25, -0.2) is 13.8 Å². The average molecular weight is 419 g/mol. The smallest absolute Gasteiger partial charge is 0.263 e. The Morgan fingerprint density at radius 3 is 2.42 bits per heavy atom. The lowest BCUT2D eigenvalue weighted by molar-refractivity contribution is 0.386. The van der Waals surface area contributed by atoms with E-state index in [0.29, 0.717) is 11.3 Å². The van der Waals surface area contributed by atoms with Crippen molar-refractivity contribution in [1.29, 1.82) is 0 Å². The predicted molar refractivity (Wildman–Crippen MR) is 116 cm³/mol.